The molecular weight excluding hydrogens is 713 g/mol. The highest BCUT2D eigenvalue weighted by Gasteiger charge is 2.25. The molecule has 0 amide bonds. The lowest BCUT2D eigenvalue weighted by Crippen LogP contribution is -2.29. The first-order valence-electron chi connectivity index (χ1n) is 20.1. The molecule has 0 spiro atoms. The molecule has 0 aromatic heterocycles. The maximum absolute atomic E-state index is 12.5. The molecule has 0 aromatic carbocycles. The molecule has 2 atom stereocenters. The Morgan fingerprint density at radius 3 is 1.65 bits per heavy atom. The summed E-state index contributed by atoms with van der Waals surface area (Å²) in [5, 5.41) is 0. The number of allylic oxidation sites excluding steroid dienone is 20. The van der Waals surface area contributed by atoms with E-state index in [1.807, 2.05) is 42.5 Å². The van der Waals surface area contributed by atoms with Crippen LogP contribution in [-0.2, 0) is 32.7 Å². The van der Waals surface area contributed by atoms with Gasteiger partial charge in [0.1, 0.15) is 6.61 Å². The zero-order valence-corrected chi connectivity index (χ0v) is 34.5. The van der Waals surface area contributed by atoms with Crippen LogP contribution in [0.25, 0.3) is 0 Å². The van der Waals surface area contributed by atoms with Gasteiger partial charge >= 0.3 is 19.8 Å². The van der Waals surface area contributed by atoms with Crippen molar-refractivity contribution < 1.29 is 37.6 Å². The fourth-order valence-electron chi connectivity index (χ4n) is 4.55. The van der Waals surface area contributed by atoms with Crippen LogP contribution < -0.4 is 5.73 Å². The van der Waals surface area contributed by atoms with Crippen molar-refractivity contribution >= 4 is 19.8 Å². The molecule has 1 unspecified atom stereocenters. The van der Waals surface area contributed by atoms with Crippen molar-refractivity contribution in [2.45, 2.75) is 123 Å². The van der Waals surface area contributed by atoms with E-state index in [-0.39, 0.29) is 32.6 Å². The predicted octanol–water partition coefficient (Wildman–Crippen LogP) is 11.4. The van der Waals surface area contributed by atoms with Crippen LogP contribution in [0.15, 0.2) is 122 Å². The van der Waals surface area contributed by atoms with Gasteiger partial charge in [-0.05, 0) is 70.6 Å². The summed E-state index contributed by atoms with van der Waals surface area (Å²) in [5.74, 6) is -0.970. The van der Waals surface area contributed by atoms with Crippen LogP contribution in [0.1, 0.15) is 117 Å². The summed E-state index contributed by atoms with van der Waals surface area (Å²) in [7, 11) is -4.41. The van der Waals surface area contributed by atoms with E-state index in [1.165, 1.54) is 0 Å². The molecule has 3 N–H and O–H groups in total. The first-order chi connectivity index (χ1) is 26.8. The maximum Gasteiger partial charge on any atom is 0.472 e. The highest BCUT2D eigenvalue weighted by Crippen LogP contribution is 2.43. The SMILES string of the molecule is CC/C=C/C=C/C=C/C=C/CCCCCCCC(=O)OC[C@H](COP(=O)(O)OCCN)OC(=O)CC/C=C/C/C=C/C/C=C/C/C=C/C/C=C/C/C=C/CC. The molecule has 0 fully saturated rings. The minimum Gasteiger partial charge on any atom is -0.462 e. The van der Waals surface area contributed by atoms with Gasteiger partial charge in [0.2, 0.25) is 0 Å². The monoisotopic (exact) mass is 783 g/mol. The van der Waals surface area contributed by atoms with Gasteiger partial charge in [-0.2, -0.15) is 0 Å². The Morgan fingerprint density at radius 1 is 0.564 bits per heavy atom. The second-order valence-electron chi connectivity index (χ2n) is 12.5. The normalized spacial score (nSPS) is 14.6. The molecule has 0 rings (SSSR count). The van der Waals surface area contributed by atoms with E-state index in [2.05, 4.69) is 92.8 Å². The number of carbonyl (C=O) groups excluding carboxylic acids is 2. The van der Waals surface area contributed by atoms with E-state index < -0.39 is 32.5 Å². The highest BCUT2D eigenvalue weighted by molar-refractivity contribution is 7.47. The summed E-state index contributed by atoms with van der Waals surface area (Å²) >= 11 is 0. The highest BCUT2D eigenvalue weighted by atomic mass is 31.2. The van der Waals surface area contributed by atoms with Crippen LogP contribution in [0.3, 0.4) is 0 Å². The smallest absolute Gasteiger partial charge is 0.462 e. The Hall–Kier alpha value is -3.59. The van der Waals surface area contributed by atoms with E-state index in [0.29, 0.717) is 12.8 Å². The van der Waals surface area contributed by atoms with E-state index in [4.69, 9.17) is 24.3 Å². The van der Waals surface area contributed by atoms with Crippen molar-refractivity contribution in [2.75, 3.05) is 26.4 Å². The molecule has 0 saturated carbocycles. The van der Waals surface area contributed by atoms with Crippen LogP contribution in [-0.4, -0.2) is 49.3 Å². The summed E-state index contributed by atoms with van der Waals surface area (Å²) in [5.41, 5.74) is 5.33. The van der Waals surface area contributed by atoms with Crippen molar-refractivity contribution in [3.63, 3.8) is 0 Å². The number of phosphoric ester groups is 1. The van der Waals surface area contributed by atoms with Gasteiger partial charge in [-0.15, -0.1) is 0 Å². The van der Waals surface area contributed by atoms with Crippen LogP contribution in [0.2, 0.25) is 0 Å². The third-order valence-corrected chi connectivity index (χ3v) is 8.44. The Morgan fingerprint density at radius 2 is 1.07 bits per heavy atom. The van der Waals surface area contributed by atoms with E-state index in [9.17, 15) is 19.0 Å². The third-order valence-electron chi connectivity index (χ3n) is 7.45. The molecular formula is C45H70NO8P. The molecule has 0 aliphatic rings. The number of nitrogens with two attached hydrogens (primary N) is 1. The number of ether oxygens (including phenoxy) is 2. The van der Waals surface area contributed by atoms with Gasteiger partial charge in [0, 0.05) is 19.4 Å². The second kappa shape index (κ2) is 40.1. The number of esters is 2. The van der Waals surface area contributed by atoms with Gasteiger partial charge in [-0.25, -0.2) is 4.57 Å². The lowest BCUT2D eigenvalue weighted by Gasteiger charge is -2.19. The summed E-state index contributed by atoms with van der Waals surface area (Å²) in [6.45, 7) is 3.32. The van der Waals surface area contributed by atoms with Gasteiger partial charge < -0.3 is 20.1 Å². The molecule has 9 nitrogen and oxygen atoms in total. The fourth-order valence-corrected chi connectivity index (χ4v) is 5.32. The lowest BCUT2D eigenvalue weighted by molar-refractivity contribution is -0.161. The molecule has 0 aromatic rings. The summed E-state index contributed by atoms with van der Waals surface area (Å²) in [6.07, 6.45) is 53.8. The van der Waals surface area contributed by atoms with E-state index in [1.54, 1.807) is 0 Å². The van der Waals surface area contributed by atoms with Gasteiger partial charge in [0.15, 0.2) is 6.10 Å². The molecule has 0 radical (unpaired) electrons. The first-order valence-corrected chi connectivity index (χ1v) is 21.6. The standard InChI is InChI=1S/C45H70NO8P/c1-3-5-7-9-11-13-15-17-19-20-21-22-24-26-28-30-32-34-36-38-45(48)54-43(42-53-55(49,50)52-40-39-46)41-51-44(47)37-35-33-31-29-27-25-23-18-16-14-12-10-8-6-4-2/h5-8,10-14,16-19,21-23,26,28,32,34,43H,3-4,9,15,20,24-25,27,29-31,33,35-42,46H2,1-2H3,(H,49,50)/b7-5+,8-6+,12-10+,13-11+,16-14+,19-17+,22-21+,23-18+,28-26+,34-32+/t43-/m1/s1. The van der Waals surface area contributed by atoms with Crippen molar-refractivity contribution in [2.24, 2.45) is 5.73 Å². The van der Waals surface area contributed by atoms with Crippen LogP contribution >= 0.6 is 7.82 Å². The van der Waals surface area contributed by atoms with Crippen molar-refractivity contribution in [1.82, 2.24) is 0 Å². The minimum absolute atomic E-state index is 0.0306. The van der Waals surface area contributed by atoms with E-state index >= 15 is 0 Å². The molecule has 0 saturated heterocycles. The average Bonchev–Trinajstić information content (AvgIpc) is 3.17. The second-order valence-corrected chi connectivity index (χ2v) is 13.9. The number of phosphoric acid groups is 1. The molecule has 0 aliphatic carbocycles. The van der Waals surface area contributed by atoms with Crippen LogP contribution in [0.4, 0.5) is 0 Å². The maximum atomic E-state index is 12.5. The van der Waals surface area contributed by atoms with Crippen LogP contribution in [0, 0.1) is 0 Å². The van der Waals surface area contributed by atoms with Crippen molar-refractivity contribution in [1.29, 1.82) is 0 Å². The van der Waals surface area contributed by atoms with Crippen molar-refractivity contribution in [3.8, 4) is 0 Å². The number of unbranched alkanes of at least 4 members (excludes halogenated alkanes) is 5. The molecule has 10 heteroatoms. The largest absolute Gasteiger partial charge is 0.472 e. The molecule has 0 aliphatic heterocycles. The average molecular weight is 784 g/mol. The Kier molecular flexibility index (Phi) is 37.5. The summed E-state index contributed by atoms with van der Waals surface area (Å²) in [6, 6.07) is 0. The number of hydrogen-bond donors (Lipinski definition) is 2. The van der Waals surface area contributed by atoms with Gasteiger partial charge in [0.05, 0.1) is 13.2 Å². The Balaban J connectivity index is 4.41. The number of carbonyl (C=O) groups is 2. The van der Waals surface area contributed by atoms with Crippen LogP contribution in [0.5, 0.6) is 0 Å². The fraction of sp³-hybridized carbons (Fsp3) is 0.511. The van der Waals surface area contributed by atoms with Gasteiger partial charge in [0.25, 0.3) is 0 Å². The number of hydrogen-bond acceptors (Lipinski definition) is 8. The predicted molar refractivity (Wildman–Crippen MR) is 228 cm³/mol. The molecule has 0 heterocycles. The van der Waals surface area contributed by atoms with Crippen molar-refractivity contribution in [3.05, 3.63) is 122 Å². The Labute approximate surface area is 332 Å². The zero-order chi connectivity index (χ0) is 40.3. The minimum atomic E-state index is -4.41. The quantitative estimate of drug-likeness (QED) is 0.0212. The summed E-state index contributed by atoms with van der Waals surface area (Å²) in [4.78, 5) is 34.8. The van der Waals surface area contributed by atoms with Gasteiger partial charge in [-0.1, -0.05) is 155 Å². The lowest BCUT2D eigenvalue weighted by atomic mass is 10.1. The topological polar surface area (TPSA) is 134 Å². The first kappa shape index (κ1) is 51.4. The van der Waals surface area contributed by atoms with E-state index in [0.717, 1.165) is 77.0 Å². The zero-order valence-electron chi connectivity index (χ0n) is 33.6. The third kappa shape index (κ3) is 39.9. The molecule has 0 bridgehead atoms. The summed E-state index contributed by atoms with van der Waals surface area (Å²) < 4.78 is 32.6. The molecule has 308 valence electrons. The number of rotatable bonds is 35. The Bertz CT molecular complexity index is 1310. The molecule has 55 heavy (non-hydrogen) atoms. The van der Waals surface area contributed by atoms with Gasteiger partial charge in [-0.3, -0.25) is 18.6 Å².